The van der Waals surface area contributed by atoms with Gasteiger partial charge in [-0.1, -0.05) is 23.7 Å². The highest BCUT2D eigenvalue weighted by Gasteiger charge is 2.11. The predicted molar refractivity (Wildman–Crippen MR) is 83.9 cm³/mol. The van der Waals surface area contributed by atoms with Crippen LogP contribution in [0.1, 0.15) is 24.8 Å². The van der Waals surface area contributed by atoms with Crippen LogP contribution in [-0.4, -0.2) is 42.2 Å². The fraction of sp³-hybridized carbons (Fsp3) is 0.438. The molecule has 2 rings (SSSR count). The van der Waals surface area contributed by atoms with Gasteiger partial charge in [0.15, 0.2) is 0 Å². The number of halogens is 1. The second-order valence-electron chi connectivity index (χ2n) is 5.08. The molecule has 0 aliphatic carbocycles. The van der Waals surface area contributed by atoms with Crippen molar-refractivity contribution in [2.75, 3.05) is 26.2 Å². The summed E-state index contributed by atoms with van der Waals surface area (Å²) in [7, 11) is 0. The molecule has 0 amide bonds. The lowest BCUT2D eigenvalue weighted by Gasteiger charge is -2.15. The number of rotatable bonds is 7. The Bertz CT molecular complexity index is 510. The SMILES string of the molecule is O=C(O)/C=C/c1cccc(Cl)c1OCCCN1CCCC1. The highest BCUT2D eigenvalue weighted by Crippen LogP contribution is 2.29. The third-order valence-corrected chi connectivity index (χ3v) is 3.76. The van der Waals surface area contributed by atoms with Gasteiger partial charge in [0.1, 0.15) is 5.75 Å². The van der Waals surface area contributed by atoms with Gasteiger partial charge in [-0.05, 0) is 44.5 Å². The highest BCUT2D eigenvalue weighted by molar-refractivity contribution is 6.32. The Kier molecular flexibility index (Phi) is 6.08. The fourth-order valence-electron chi connectivity index (χ4n) is 2.44. The number of aliphatic carboxylic acids is 1. The zero-order chi connectivity index (χ0) is 15.1. The summed E-state index contributed by atoms with van der Waals surface area (Å²) in [6, 6.07) is 5.32. The molecule has 1 fully saturated rings. The van der Waals surface area contributed by atoms with Crippen LogP contribution in [0.2, 0.25) is 5.02 Å². The minimum atomic E-state index is -0.991. The molecule has 1 aliphatic rings. The summed E-state index contributed by atoms with van der Waals surface area (Å²) in [6.45, 7) is 3.97. The Hall–Kier alpha value is -1.52. The van der Waals surface area contributed by atoms with Gasteiger partial charge in [0, 0.05) is 18.2 Å². The van der Waals surface area contributed by atoms with Crippen molar-refractivity contribution < 1.29 is 14.6 Å². The molecule has 1 aromatic rings. The molecule has 4 nitrogen and oxygen atoms in total. The van der Waals surface area contributed by atoms with Crippen LogP contribution in [-0.2, 0) is 4.79 Å². The molecule has 1 aromatic carbocycles. The Morgan fingerprint density at radius 1 is 1.38 bits per heavy atom. The zero-order valence-electron chi connectivity index (χ0n) is 11.9. The topological polar surface area (TPSA) is 49.8 Å². The summed E-state index contributed by atoms with van der Waals surface area (Å²) in [5, 5.41) is 9.21. The number of para-hydroxylation sites is 1. The van der Waals surface area contributed by atoms with E-state index in [1.807, 2.05) is 0 Å². The van der Waals surface area contributed by atoms with Crippen molar-refractivity contribution in [3.63, 3.8) is 0 Å². The first-order chi connectivity index (χ1) is 10.2. The van der Waals surface area contributed by atoms with Crippen molar-refractivity contribution in [3.8, 4) is 5.75 Å². The smallest absolute Gasteiger partial charge is 0.328 e. The van der Waals surface area contributed by atoms with E-state index in [0.29, 0.717) is 22.9 Å². The van der Waals surface area contributed by atoms with Crippen molar-refractivity contribution in [2.45, 2.75) is 19.3 Å². The second-order valence-corrected chi connectivity index (χ2v) is 5.49. The molecule has 1 saturated heterocycles. The average molecular weight is 310 g/mol. The van der Waals surface area contributed by atoms with Crippen molar-refractivity contribution in [2.24, 2.45) is 0 Å². The third-order valence-electron chi connectivity index (χ3n) is 3.47. The minimum absolute atomic E-state index is 0.503. The van der Waals surface area contributed by atoms with Crippen LogP contribution in [0.15, 0.2) is 24.3 Å². The maximum Gasteiger partial charge on any atom is 0.328 e. The van der Waals surface area contributed by atoms with Crippen LogP contribution in [0.5, 0.6) is 5.75 Å². The van der Waals surface area contributed by atoms with Crippen LogP contribution >= 0.6 is 11.6 Å². The summed E-state index contributed by atoms with van der Waals surface area (Å²) in [4.78, 5) is 13.0. The molecular formula is C16H20ClNO3. The fourth-order valence-corrected chi connectivity index (χ4v) is 2.68. The molecule has 1 aliphatic heterocycles. The Labute approximate surface area is 130 Å². The van der Waals surface area contributed by atoms with Crippen LogP contribution in [0, 0.1) is 0 Å². The van der Waals surface area contributed by atoms with E-state index in [4.69, 9.17) is 21.4 Å². The molecule has 0 bridgehead atoms. The predicted octanol–water partition coefficient (Wildman–Crippen LogP) is 3.30. The van der Waals surface area contributed by atoms with E-state index in [2.05, 4.69) is 4.90 Å². The van der Waals surface area contributed by atoms with E-state index < -0.39 is 5.97 Å². The number of carbonyl (C=O) groups is 1. The number of ether oxygens (including phenoxy) is 1. The van der Waals surface area contributed by atoms with Gasteiger partial charge in [0.25, 0.3) is 0 Å². The number of hydrogen-bond donors (Lipinski definition) is 1. The zero-order valence-corrected chi connectivity index (χ0v) is 12.7. The van der Waals surface area contributed by atoms with E-state index in [1.165, 1.54) is 32.0 Å². The maximum atomic E-state index is 10.6. The van der Waals surface area contributed by atoms with E-state index in [1.54, 1.807) is 18.2 Å². The largest absolute Gasteiger partial charge is 0.491 e. The van der Waals surface area contributed by atoms with Gasteiger partial charge >= 0.3 is 5.97 Å². The summed E-state index contributed by atoms with van der Waals surface area (Å²) >= 11 is 6.13. The molecular weight excluding hydrogens is 290 g/mol. The van der Waals surface area contributed by atoms with Crippen LogP contribution in [0.25, 0.3) is 6.08 Å². The van der Waals surface area contributed by atoms with Crippen molar-refractivity contribution in [1.82, 2.24) is 4.90 Å². The quantitative estimate of drug-likeness (QED) is 0.620. The van der Waals surface area contributed by atoms with Crippen molar-refractivity contribution in [1.29, 1.82) is 0 Å². The van der Waals surface area contributed by atoms with Crippen molar-refractivity contribution in [3.05, 3.63) is 34.9 Å². The second kappa shape index (κ2) is 8.05. The number of benzene rings is 1. The van der Waals surface area contributed by atoms with Crippen LogP contribution in [0.4, 0.5) is 0 Å². The van der Waals surface area contributed by atoms with Gasteiger partial charge in [0.05, 0.1) is 11.6 Å². The molecule has 1 heterocycles. The van der Waals surface area contributed by atoms with Gasteiger partial charge in [-0.15, -0.1) is 0 Å². The molecule has 1 N–H and O–H groups in total. The molecule has 0 aromatic heterocycles. The van der Waals surface area contributed by atoms with E-state index in [-0.39, 0.29) is 0 Å². The normalized spacial score (nSPS) is 15.7. The third kappa shape index (κ3) is 5.06. The number of nitrogens with zero attached hydrogens (tertiary/aromatic N) is 1. The van der Waals surface area contributed by atoms with Gasteiger partial charge in [-0.2, -0.15) is 0 Å². The van der Waals surface area contributed by atoms with Crippen LogP contribution in [0.3, 0.4) is 0 Å². The Morgan fingerprint density at radius 3 is 2.86 bits per heavy atom. The molecule has 0 saturated carbocycles. The molecule has 0 spiro atoms. The molecule has 0 unspecified atom stereocenters. The minimum Gasteiger partial charge on any atom is -0.491 e. The molecule has 21 heavy (non-hydrogen) atoms. The number of likely N-dealkylation sites (tertiary alicyclic amines) is 1. The molecule has 0 atom stereocenters. The number of hydrogen-bond acceptors (Lipinski definition) is 3. The van der Waals surface area contributed by atoms with Gasteiger partial charge in [0.2, 0.25) is 0 Å². The molecule has 5 heteroatoms. The Balaban J connectivity index is 1.90. The van der Waals surface area contributed by atoms with E-state index in [9.17, 15) is 4.79 Å². The van der Waals surface area contributed by atoms with E-state index >= 15 is 0 Å². The number of carboxylic acids is 1. The Morgan fingerprint density at radius 2 is 2.14 bits per heavy atom. The summed E-state index contributed by atoms with van der Waals surface area (Å²) in [5.74, 6) is -0.437. The standard InChI is InChI=1S/C16H20ClNO3/c17-14-6-3-5-13(7-8-15(19)20)16(14)21-12-4-11-18-9-1-2-10-18/h3,5-8H,1-2,4,9-12H2,(H,19,20)/b8-7+. The first-order valence-corrected chi connectivity index (χ1v) is 7.59. The molecule has 0 radical (unpaired) electrons. The summed E-state index contributed by atoms with van der Waals surface area (Å²) in [5.41, 5.74) is 0.686. The lowest BCUT2D eigenvalue weighted by Crippen LogP contribution is -2.22. The van der Waals surface area contributed by atoms with Crippen molar-refractivity contribution >= 4 is 23.6 Å². The summed E-state index contributed by atoms with van der Waals surface area (Å²) in [6.07, 6.45) is 6.10. The monoisotopic (exact) mass is 309 g/mol. The first-order valence-electron chi connectivity index (χ1n) is 7.21. The lowest BCUT2D eigenvalue weighted by molar-refractivity contribution is -0.131. The molecule has 114 valence electrons. The van der Waals surface area contributed by atoms with Gasteiger partial charge < -0.3 is 14.7 Å². The van der Waals surface area contributed by atoms with Gasteiger partial charge in [-0.3, -0.25) is 0 Å². The average Bonchev–Trinajstić information content (AvgIpc) is 2.96. The maximum absolute atomic E-state index is 10.6. The summed E-state index contributed by atoms with van der Waals surface area (Å²) < 4.78 is 5.76. The highest BCUT2D eigenvalue weighted by atomic mass is 35.5. The van der Waals surface area contributed by atoms with Gasteiger partial charge in [-0.25, -0.2) is 4.79 Å². The lowest BCUT2D eigenvalue weighted by atomic mass is 10.2. The first kappa shape index (κ1) is 15.9. The number of carboxylic acid groups (broad SMARTS) is 1. The van der Waals surface area contributed by atoms with E-state index in [0.717, 1.165) is 19.0 Å². The van der Waals surface area contributed by atoms with Crippen LogP contribution < -0.4 is 4.74 Å².